The quantitative estimate of drug-likeness (QED) is 0.619. The number of rotatable bonds is 3. The van der Waals surface area contributed by atoms with Gasteiger partial charge in [0, 0.05) is 12.7 Å². The Kier molecular flexibility index (Phi) is 3.71. The van der Waals surface area contributed by atoms with Crippen molar-refractivity contribution in [1.82, 2.24) is 0 Å². The highest BCUT2D eigenvalue weighted by atomic mass is 35.5. The number of halogens is 1. The van der Waals surface area contributed by atoms with Crippen molar-refractivity contribution in [3.8, 4) is 0 Å². The van der Waals surface area contributed by atoms with Gasteiger partial charge < -0.3 is 4.90 Å². The molecular formula is C14H13ClN2O2. The molecule has 2 aromatic carbocycles. The lowest BCUT2D eigenvalue weighted by molar-refractivity contribution is -0.383. The molecule has 0 bridgehead atoms. The fourth-order valence-electron chi connectivity index (χ4n) is 1.93. The van der Waals surface area contributed by atoms with Gasteiger partial charge in [-0.1, -0.05) is 29.8 Å². The molecule has 0 saturated carbocycles. The average Bonchev–Trinajstić information content (AvgIpc) is 2.37. The van der Waals surface area contributed by atoms with E-state index in [1.165, 1.54) is 6.07 Å². The van der Waals surface area contributed by atoms with Gasteiger partial charge in [0.15, 0.2) is 0 Å². The van der Waals surface area contributed by atoms with Gasteiger partial charge >= 0.3 is 5.69 Å². The molecule has 0 aliphatic heterocycles. The van der Waals surface area contributed by atoms with Crippen LogP contribution in [-0.2, 0) is 0 Å². The molecule has 2 aromatic rings. The molecule has 0 aromatic heterocycles. The first kappa shape index (κ1) is 13.4. The molecule has 4 nitrogen and oxygen atoms in total. The Bertz CT molecular complexity index is 629. The van der Waals surface area contributed by atoms with Crippen LogP contribution in [0, 0.1) is 17.0 Å². The van der Waals surface area contributed by atoms with Crippen molar-refractivity contribution in [2.24, 2.45) is 0 Å². The third kappa shape index (κ3) is 2.69. The minimum Gasteiger partial charge on any atom is -0.339 e. The van der Waals surface area contributed by atoms with Gasteiger partial charge in [0.05, 0.1) is 4.92 Å². The van der Waals surface area contributed by atoms with Crippen LogP contribution in [0.3, 0.4) is 0 Å². The molecule has 0 radical (unpaired) electrons. The SMILES string of the molecule is Cc1cccc(N(C)c2cccc(Cl)c2[N+](=O)[O-])c1. The fraction of sp³-hybridized carbons (Fsp3) is 0.143. The first-order valence-electron chi connectivity index (χ1n) is 5.74. The summed E-state index contributed by atoms with van der Waals surface area (Å²) < 4.78 is 0. The van der Waals surface area contributed by atoms with Crippen molar-refractivity contribution in [3.63, 3.8) is 0 Å². The van der Waals surface area contributed by atoms with Crippen molar-refractivity contribution >= 4 is 28.7 Å². The van der Waals surface area contributed by atoms with Gasteiger partial charge in [0.1, 0.15) is 10.7 Å². The molecule has 5 heteroatoms. The van der Waals surface area contributed by atoms with Crippen LogP contribution >= 0.6 is 11.6 Å². The highest BCUT2D eigenvalue weighted by Crippen LogP contribution is 2.37. The summed E-state index contributed by atoms with van der Waals surface area (Å²) in [5, 5.41) is 11.3. The van der Waals surface area contributed by atoms with Crippen LogP contribution in [0.5, 0.6) is 0 Å². The number of hydrogen-bond acceptors (Lipinski definition) is 3. The van der Waals surface area contributed by atoms with Gasteiger partial charge in [-0.2, -0.15) is 0 Å². The van der Waals surface area contributed by atoms with Crippen LogP contribution < -0.4 is 4.90 Å². The van der Waals surface area contributed by atoms with Crippen LogP contribution in [0.25, 0.3) is 0 Å². The highest BCUT2D eigenvalue weighted by Gasteiger charge is 2.21. The molecule has 0 fully saturated rings. The Morgan fingerprint density at radius 3 is 2.53 bits per heavy atom. The highest BCUT2D eigenvalue weighted by molar-refractivity contribution is 6.33. The molecule has 0 saturated heterocycles. The van der Waals surface area contributed by atoms with E-state index in [4.69, 9.17) is 11.6 Å². The number of aryl methyl sites for hydroxylation is 1. The van der Waals surface area contributed by atoms with Gasteiger partial charge in [-0.05, 0) is 36.8 Å². The average molecular weight is 277 g/mol. The molecule has 2 rings (SSSR count). The Balaban J connectivity index is 2.53. The normalized spacial score (nSPS) is 10.3. The Morgan fingerprint density at radius 1 is 1.21 bits per heavy atom. The third-order valence-corrected chi connectivity index (χ3v) is 3.20. The second kappa shape index (κ2) is 5.28. The summed E-state index contributed by atoms with van der Waals surface area (Å²) in [5.74, 6) is 0. The van der Waals surface area contributed by atoms with Crippen molar-refractivity contribution < 1.29 is 4.92 Å². The van der Waals surface area contributed by atoms with E-state index in [1.54, 1.807) is 24.1 Å². The summed E-state index contributed by atoms with van der Waals surface area (Å²) >= 11 is 5.92. The number of hydrogen-bond donors (Lipinski definition) is 0. The van der Waals surface area contributed by atoms with E-state index in [0.29, 0.717) is 5.69 Å². The fourth-order valence-corrected chi connectivity index (χ4v) is 2.17. The lowest BCUT2D eigenvalue weighted by Crippen LogP contribution is -2.11. The Morgan fingerprint density at radius 2 is 1.89 bits per heavy atom. The van der Waals surface area contributed by atoms with Gasteiger partial charge in [-0.25, -0.2) is 0 Å². The standard InChI is InChI=1S/C14H13ClN2O2/c1-10-5-3-6-11(9-10)16(2)13-8-4-7-12(15)14(13)17(18)19/h3-9H,1-2H3. The molecule has 19 heavy (non-hydrogen) atoms. The summed E-state index contributed by atoms with van der Waals surface area (Å²) in [6.45, 7) is 1.98. The molecule has 0 amide bonds. The monoisotopic (exact) mass is 276 g/mol. The summed E-state index contributed by atoms with van der Waals surface area (Å²) in [4.78, 5) is 12.4. The van der Waals surface area contributed by atoms with Crippen LogP contribution in [0.1, 0.15) is 5.56 Å². The summed E-state index contributed by atoms with van der Waals surface area (Å²) in [6, 6.07) is 12.7. The smallest absolute Gasteiger partial charge is 0.311 e. The number of para-hydroxylation sites is 1. The maximum absolute atomic E-state index is 11.1. The van der Waals surface area contributed by atoms with Gasteiger partial charge in [-0.3, -0.25) is 10.1 Å². The third-order valence-electron chi connectivity index (χ3n) is 2.90. The minimum absolute atomic E-state index is 0.0758. The van der Waals surface area contributed by atoms with Gasteiger partial charge in [0.25, 0.3) is 0 Å². The Labute approximate surface area is 116 Å². The molecule has 0 N–H and O–H groups in total. The molecular weight excluding hydrogens is 264 g/mol. The topological polar surface area (TPSA) is 46.4 Å². The van der Waals surface area contributed by atoms with Crippen molar-refractivity contribution in [2.75, 3.05) is 11.9 Å². The van der Waals surface area contributed by atoms with E-state index in [-0.39, 0.29) is 10.7 Å². The van der Waals surface area contributed by atoms with Crippen LogP contribution in [0.15, 0.2) is 42.5 Å². The molecule has 0 heterocycles. The first-order chi connectivity index (χ1) is 9.00. The maximum atomic E-state index is 11.1. The van der Waals surface area contributed by atoms with E-state index in [2.05, 4.69) is 0 Å². The summed E-state index contributed by atoms with van der Waals surface area (Å²) in [6.07, 6.45) is 0. The molecule has 98 valence electrons. The number of anilines is 2. The van der Waals surface area contributed by atoms with E-state index >= 15 is 0 Å². The summed E-state index contributed by atoms with van der Waals surface area (Å²) in [5.41, 5.74) is 2.37. The minimum atomic E-state index is -0.454. The van der Waals surface area contributed by atoms with E-state index < -0.39 is 4.92 Å². The molecule has 0 aliphatic carbocycles. The lowest BCUT2D eigenvalue weighted by atomic mass is 10.2. The van der Waals surface area contributed by atoms with Crippen molar-refractivity contribution in [3.05, 3.63) is 63.2 Å². The van der Waals surface area contributed by atoms with Crippen molar-refractivity contribution in [1.29, 1.82) is 0 Å². The molecule has 0 atom stereocenters. The predicted octanol–water partition coefficient (Wildman–Crippen LogP) is 4.32. The second-order valence-electron chi connectivity index (χ2n) is 4.26. The molecule has 0 aliphatic rings. The van der Waals surface area contributed by atoms with Gasteiger partial charge in [-0.15, -0.1) is 0 Å². The number of nitro groups is 1. The lowest BCUT2D eigenvalue weighted by Gasteiger charge is -2.20. The molecule has 0 spiro atoms. The zero-order valence-electron chi connectivity index (χ0n) is 10.6. The largest absolute Gasteiger partial charge is 0.339 e. The number of nitro benzene ring substituents is 1. The predicted molar refractivity (Wildman–Crippen MR) is 77.3 cm³/mol. The van der Waals surface area contributed by atoms with Crippen LogP contribution in [-0.4, -0.2) is 12.0 Å². The van der Waals surface area contributed by atoms with E-state index in [1.807, 2.05) is 31.2 Å². The summed E-state index contributed by atoms with van der Waals surface area (Å²) in [7, 11) is 1.79. The van der Waals surface area contributed by atoms with E-state index in [9.17, 15) is 10.1 Å². The molecule has 0 unspecified atom stereocenters. The number of benzene rings is 2. The van der Waals surface area contributed by atoms with E-state index in [0.717, 1.165) is 11.3 Å². The maximum Gasteiger partial charge on any atom is 0.311 e. The second-order valence-corrected chi connectivity index (χ2v) is 4.67. The van der Waals surface area contributed by atoms with Gasteiger partial charge in [0.2, 0.25) is 0 Å². The zero-order valence-corrected chi connectivity index (χ0v) is 11.4. The number of nitrogens with zero attached hydrogens (tertiary/aromatic N) is 2. The van der Waals surface area contributed by atoms with Crippen LogP contribution in [0.4, 0.5) is 17.1 Å². The van der Waals surface area contributed by atoms with Crippen LogP contribution in [0.2, 0.25) is 5.02 Å². The Hall–Kier alpha value is -2.07. The zero-order chi connectivity index (χ0) is 14.0. The van der Waals surface area contributed by atoms with Crippen molar-refractivity contribution in [2.45, 2.75) is 6.92 Å². The first-order valence-corrected chi connectivity index (χ1v) is 6.12.